The van der Waals surface area contributed by atoms with Crippen molar-refractivity contribution in [2.45, 2.75) is 0 Å². The van der Waals surface area contributed by atoms with Gasteiger partial charge in [-0.2, -0.15) is 0 Å². The Balaban J connectivity index is 1.17. The molecule has 0 saturated carbocycles. The molecule has 2 aromatic heterocycles. The van der Waals surface area contributed by atoms with E-state index in [0.717, 1.165) is 50.1 Å². The summed E-state index contributed by atoms with van der Waals surface area (Å²) in [5.74, 6) is 0. The van der Waals surface area contributed by atoms with Gasteiger partial charge in [-0.15, -0.1) is 0 Å². The molecule has 0 amide bonds. The van der Waals surface area contributed by atoms with Crippen molar-refractivity contribution in [3.8, 4) is 16.8 Å². The molecule has 0 aliphatic carbocycles. The van der Waals surface area contributed by atoms with E-state index in [9.17, 15) is 0 Å². The van der Waals surface area contributed by atoms with E-state index in [-0.39, 0.29) is 0 Å². The van der Waals surface area contributed by atoms with Gasteiger partial charge in [0, 0.05) is 38.6 Å². The Morgan fingerprint density at radius 2 is 1.00 bits per heavy atom. The van der Waals surface area contributed by atoms with Crippen molar-refractivity contribution >= 4 is 71.6 Å². The highest BCUT2D eigenvalue weighted by atomic mass is 16.3. The third-order valence-electron chi connectivity index (χ3n) is 9.78. The molecule has 10 aromatic rings. The topological polar surface area (TPSA) is 21.3 Å². The number of furan rings is 1. The van der Waals surface area contributed by atoms with Gasteiger partial charge < -0.3 is 13.9 Å². The van der Waals surface area contributed by atoms with Crippen LogP contribution >= 0.6 is 0 Å². The van der Waals surface area contributed by atoms with Gasteiger partial charge in [0.2, 0.25) is 0 Å². The fraction of sp³-hybridized carbons (Fsp3) is 0. The molecule has 0 unspecified atom stereocenters. The molecule has 0 spiro atoms. The smallest absolute Gasteiger partial charge is 0.143 e. The summed E-state index contributed by atoms with van der Waals surface area (Å²) < 4.78 is 8.99. The van der Waals surface area contributed by atoms with Gasteiger partial charge in [-0.25, -0.2) is 0 Å². The van der Waals surface area contributed by atoms with Crippen LogP contribution in [0, 0.1) is 0 Å². The summed E-state index contributed by atoms with van der Waals surface area (Å²) in [7, 11) is 0. The third kappa shape index (κ3) is 4.37. The lowest BCUT2D eigenvalue weighted by molar-refractivity contribution is 0.672. The van der Waals surface area contributed by atoms with Crippen LogP contribution < -0.4 is 4.90 Å². The predicted molar refractivity (Wildman–Crippen MR) is 206 cm³/mol. The van der Waals surface area contributed by atoms with E-state index >= 15 is 0 Å². The van der Waals surface area contributed by atoms with Crippen LogP contribution in [0.1, 0.15) is 0 Å². The Hall–Kier alpha value is -6.58. The number of hydrogen-bond acceptors (Lipinski definition) is 2. The third-order valence-corrected chi connectivity index (χ3v) is 9.78. The molecule has 0 N–H and O–H groups in total. The number of rotatable bonds is 5. The minimum atomic E-state index is 0.872. The first-order valence-corrected chi connectivity index (χ1v) is 16.7. The molecule has 3 nitrogen and oxygen atoms in total. The van der Waals surface area contributed by atoms with Crippen molar-refractivity contribution in [2.24, 2.45) is 0 Å². The van der Waals surface area contributed by atoms with Crippen LogP contribution in [0.15, 0.2) is 186 Å². The zero-order valence-electron chi connectivity index (χ0n) is 26.6. The van der Waals surface area contributed by atoms with Gasteiger partial charge in [-0.05, 0) is 83.2 Å². The molecule has 10 rings (SSSR count). The Labute approximate surface area is 283 Å². The van der Waals surface area contributed by atoms with Crippen LogP contribution in [0.4, 0.5) is 17.1 Å². The highest BCUT2D eigenvalue weighted by molar-refractivity contribution is 6.19. The first kappa shape index (κ1) is 27.5. The molecule has 0 bridgehead atoms. The normalized spacial score (nSPS) is 11.7. The minimum absolute atomic E-state index is 0.872. The zero-order chi connectivity index (χ0) is 32.3. The van der Waals surface area contributed by atoms with E-state index in [0.29, 0.717) is 0 Å². The molecule has 230 valence electrons. The minimum Gasteiger partial charge on any atom is -0.455 e. The molecule has 0 saturated heterocycles. The molecule has 0 radical (unpaired) electrons. The van der Waals surface area contributed by atoms with Gasteiger partial charge in [0.1, 0.15) is 11.2 Å². The molecule has 0 atom stereocenters. The highest BCUT2D eigenvalue weighted by Crippen LogP contribution is 2.45. The van der Waals surface area contributed by atoms with Crippen molar-refractivity contribution in [3.05, 3.63) is 182 Å². The number of para-hydroxylation sites is 2. The summed E-state index contributed by atoms with van der Waals surface area (Å²) in [6, 6.07) is 64.9. The lowest BCUT2D eigenvalue weighted by Crippen LogP contribution is -2.10. The lowest BCUT2D eigenvalue weighted by atomic mass is 10.0. The average Bonchev–Trinajstić information content (AvgIpc) is 3.73. The van der Waals surface area contributed by atoms with Gasteiger partial charge in [0.15, 0.2) is 0 Å². The molecule has 0 aliphatic heterocycles. The van der Waals surface area contributed by atoms with E-state index in [1.54, 1.807) is 0 Å². The summed E-state index contributed by atoms with van der Waals surface area (Å²) in [5.41, 5.74) is 10.9. The maximum Gasteiger partial charge on any atom is 0.143 e. The second-order valence-corrected chi connectivity index (χ2v) is 12.6. The molecule has 8 aromatic carbocycles. The number of fused-ring (bicyclic) bond motifs is 8. The van der Waals surface area contributed by atoms with Crippen LogP contribution in [0.5, 0.6) is 0 Å². The largest absolute Gasteiger partial charge is 0.455 e. The summed E-state index contributed by atoms with van der Waals surface area (Å²) in [5, 5.41) is 7.02. The SMILES string of the molecule is c1ccc(-c2ccc(N(c3ccc(-n4c5ccccc5c5ccccc54)cc3)c3cccc4oc5c6ccccc6ccc5c34)cc2)cc1. The first-order valence-electron chi connectivity index (χ1n) is 16.7. The van der Waals surface area contributed by atoms with Gasteiger partial charge in [-0.1, -0.05) is 115 Å². The molecular weight excluding hydrogens is 597 g/mol. The average molecular weight is 627 g/mol. The maximum absolute atomic E-state index is 6.63. The number of benzene rings is 8. The molecule has 0 aliphatic rings. The number of aromatic nitrogens is 1. The van der Waals surface area contributed by atoms with Crippen LogP contribution in [-0.2, 0) is 0 Å². The number of nitrogens with zero attached hydrogens (tertiary/aromatic N) is 2. The quantitative estimate of drug-likeness (QED) is 0.190. The van der Waals surface area contributed by atoms with Crippen LogP contribution in [-0.4, -0.2) is 4.57 Å². The molecule has 49 heavy (non-hydrogen) atoms. The molecule has 0 fully saturated rings. The summed E-state index contributed by atoms with van der Waals surface area (Å²) in [6.45, 7) is 0. The molecular formula is C46H30N2O. The fourth-order valence-electron chi connectivity index (χ4n) is 7.53. The Morgan fingerprint density at radius 3 is 1.71 bits per heavy atom. The standard InChI is InChI=1S/C46H30N2O/c1-2-11-31(12-3-1)32-21-24-34(25-22-32)47(43-19-10-20-44-45(43)40-30-23-33-13-4-5-14-37(33)46(40)49-44)35-26-28-36(29-27-35)48-41-17-8-6-15-38(41)39-16-7-9-18-42(39)48/h1-30H. The monoisotopic (exact) mass is 626 g/mol. The first-order chi connectivity index (χ1) is 24.3. The number of hydrogen-bond donors (Lipinski definition) is 0. The second kappa shape index (κ2) is 11.0. The van der Waals surface area contributed by atoms with E-state index in [4.69, 9.17) is 4.42 Å². The van der Waals surface area contributed by atoms with Crippen molar-refractivity contribution in [2.75, 3.05) is 4.90 Å². The zero-order valence-corrected chi connectivity index (χ0v) is 26.6. The van der Waals surface area contributed by atoms with Crippen molar-refractivity contribution in [3.63, 3.8) is 0 Å². The summed E-state index contributed by atoms with van der Waals surface area (Å²) in [6.07, 6.45) is 0. The van der Waals surface area contributed by atoms with E-state index in [1.165, 1.54) is 38.3 Å². The van der Waals surface area contributed by atoms with Gasteiger partial charge >= 0.3 is 0 Å². The maximum atomic E-state index is 6.63. The molecule has 2 heterocycles. The number of anilines is 3. The lowest BCUT2D eigenvalue weighted by Gasteiger charge is -2.27. The summed E-state index contributed by atoms with van der Waals surface area (Å²) >= 11 is 0. The van der Waals surface area contributed by atoms with E-state index < -0.39 is 0 Å². The highest BCUT2D eigenvalue weighted by Gasteiger charge is 2.21. The Bertz CT molecular complexity index is 2750. The van der Waals surface area contributed by atoms with Crippen molar-refractivity contribution in [1.29, 1.82) is 0 Å². The predicted octanol–water partition coefficient (Wildman–Crippen LogP) is 13.0. The van der Waals surface area contributed by atoms with Crippen LogP contribution in [0.3, 0.4) is 0 Å². The van der Waals surface area contributed by atoms with Gasteiger partial charge in [0.05, 0.1) is 22.1 Å². The van der Waals surface area contributed by atoms with Gasteiger partial charge in [0.25, 0.3) is 0 Å². The van der Waals surface area contributed by atoms with E-state index in [1.807, 2.05) is 0 Å². The van der Waals surface area contributed by atoms with Crippen molar-refractivity contribution < 1.29 is 4.42 Å². The second-order valence-electron chi connectivity index (χ2n) is 12.6. The Morgan fingerprint density at radius 1 is 0.408 bits per heavy atom. The summed E-state index contributed by atoms with van der Waals surface area (Å²) in [4.78, 5) is 2.36. The van der Waals surface area contributed by atoms with E-state index in [2.05, 4.69) is 191 Å². The van der Waals surface area contributed by atoms with Crippen LogP contribution in [0.25, 0.3) is 71.3 Å². The Kier molecular flexibility index (Phi) is 6.18. The van der Waals surface area contributed by atoms with Crippen LogP contribution in [0.2, 0.25) is 0 Å². The van der Waals surface area contributed by atoms with Crippen molar-refractivity contribution in [1.82, 2.24) is 4.57 Å². The van der Waals surface area contributed by atoms with Gasteiger partial charge in [-0.3, -0.25) is 0 Å². The molecule has 3 heteroatoms. The fourth-order valence-corrected chi connectivity index (χ4v) is 7.53.